The quantitative estimate of drug-likeness (QED) is 0.0367. The summed E-state index contributed by atoms with van der Waals surface area (Å²) in [5, 5.41) is 33.2. The normalized spacial score (nSPS) is 13.9. The summed E-state index contributed by atoms with van der Waals surface area (Å²) in [5.74, 6) is -0.521. The maximum atomic E-state index is 12.5. The van der Waals surface area contributed by atoms with Crippen LogP contribution in [0.15, 0.2) is 48.6 Å². The molecule has 1 amide bonds. The number of amides is 1. The van der Waals surface area contributed by atoms with Crippen LogP contribution in [-0.2, 0) is 4.79 Å². The molecule has 3 atom stereocenters. The lowest BCUT2D eigenvalue weighted by Gasteiger charge is -2.21. The number of aliphatic hydroxyl groups is 3. The fourth-order valence-electron chi connectivity index (χ4n) is 7.11. The fourth-order valence-corrected chi connectivity index (χ4v) is 7.11. The predicted octanol–water partition coefficient (Wildman–Crippen LogP) is 14.1. The molecule has 0 rings (SSSR count). The van der Waals surface area contributed by atoms with Crippen molar-refractivity contribution in [3.8, 4) is 0 Å². The summed E-state index contributed by atoms with van der Waals surface area (Å²) in [6, 6.07) is -0.820. The Morgan fingerprint density at radius 1 is 0.455 bits per heavy atom. The van der Waals surface area contributed by atoms with Gasteiger partial charge in [-0.2, -0.15) is 0 Å². The van der Waals surface area contributed by atoms with Crippen molar-refractivity contribution in [2.45, 2.75) is 257 Å². The van der Waals surface area contributed by atoms with Crippen molar-refractivity contribution in [2.75, 3.05) is 6.61 Å². The standard InChI is InChI=1S/C50H93NO4/c1-3-5-7-9-11-13-15-17-19-21-22-23-24-25-26-27-28-29-31-32-34-36-38-40-42-44-48(53)47(46-52)51-50(55)49(54)45-43-41-39-37-35-33-30-20-18-16-14-12-10-8-6-4-2/h12,14,18,20,34,36,42,44,47-49,52-54H,3-11,13,15-17,19,21-33,35,37-41,43,45-46H2,1-2H3,(H,51,55)/b14-12-,20-18-,36-34+,44-42+. The van der Waals surface area contributed by atoms with Gasteiger partial charge in [0.2, 0.25) is 5.91 Å². The van der Waals surface area contributed by atoms with Crippen molar-refractivity contribution in [3.05, 3.63) is 48.6 Å². The van der Waals surface area contributed by atoms with Gasteiger partial charge in [-0.3, -0.25) is 4.79 Å². The first-order valence-electron chi connectivity index (χ1n) is 24.0. The Labute approximate surface area is 342 Å². The lowest BCUT2D eigenvalue weighted by atomic mass is 10.0. The molecule has 55 heavy (non-hydrogen) atoms. The van der Waals surface area contributed by atoms with Crippen LogP contribution >= 0.6 is 0 Å². The average molecular weight is 772 g/mol. The van der Waals surface area contributed by atoms with Crippen LogP contribution in [0.4, 0.5) is 0 Å². The minimum atomic E-state index is -1.12. The van der Waals surface area contributed by atoms with Crippen LogP contribution < -0.4 is 5.32 Å². The molecule has 0 heterocycles. The number of hydrogen-bond acceptors (Lipinski definition) is 4. The lowest BCUT2D eigenvalue weighted by molar-refractivity contribution is -0.131. The zero-order chi connectivity index (χ0) is 40.1. The third-order valence-electron chi connectivity index (χ3n) is 10.9. The summed E-state index contributed by atoms with van der Waals surface area (Å²) < 4.78 is 0. The van der Waals surface area contributed by atoms with E-state index >= 15 is 0 Å². The second-order valence-electron chi connectivity index (χ2n) is 16.3. The molecule has 0 aromatic rings. The maximum Gasteiger partial charge on any atom is 0.249 e. The van der Waals surface area contributed by atoms with E-state index in [1.54, 1.807) is 6.08 Å². The molecule has 0 saturated heterocycles. The van der Waals surface area contributed by atoms with Gasteiger partial charge in [0, 0.05) is 0 Å². The topological polar surface area (TPSA) is 89.8 Å². The smallest absolute Gasteiger partial charge is 0.249 e. The second kappa shape index (κ2) is 45.0. The molecule has 0 fully saturated rings. The van der Waals surface area contributed by atoms with Crippen molar-refractivity contribution in [2.24, 2.45) is 0 Å². The maximum absolute atomic E-state index is 12.5. The van der Waals surface area contributed by atoms with Gasteiger partial charge in [-0.15, -0.1) is 0 Å². The molecule has 0 aromatic heterocycles. The zero-order valence-electron chi connectivity index (χ0n) is 36.6. The van der Waals surface area contributed by atoms with Gasteiger partial charge < -0.3 is 20.6 Å². The third kappa shape index (κ3) is 40.3. The molecule has 5 heteroatoms. The Kier molecular flexibility index (Phi) is 43.6. The number of carbonyl (C=O) groups excluding carboxylic acids is 1. The largest absolute Gasteiger partial charge is 0.394 e. The van der Waals surface area contributed by atoms with Crippen LogP contribution in [0.5, 0.6) is 0 Å². The number of unbranched alkanes of at least 4 members (excludes halogenated alkanes) is 29. The zero-order valence-corrected chi connectivity index (χ0v) is 36.6. The SMILES string of the molecule is CCCCC/C=C\C/C=C\CCCCCCCCC(O)C(=O)NC(CO)C(O)/C=C/CC/C=C/CCCCCCCCCCCCCCCCCCCCC. The Morgan fingerprint density at radius 2 is 0.800 bits per heavy atom. The summed E-state index contributed by atoms with van der Waals surface area (Å²) in [7, 11) is 0. The van der Waals surface area contributed by atoms with Gasteiger partial charge in [0.15, 0.2) is 0 Å². The summed E-state index contributed by atoms with van der Waals surface area (Å²) in [6.07, 6.45) is 58.7. The summed E-state index contributed by atoms with van der Waals surface area (Å²) in [5.41, 5.74) is 0. The number of rotatable bonds is 43. The van der Waals surface area contributed by atoms with Gasteiger partial charge >= 0.3 is 0 Å². The minimum absolute atomic E-state index is 0.381. The highest BCUT2D eigenvalue weighted by molar-refractivity contribution is 5.80. The Bertz CT molecular complexity index is 896. The van der Waals surface area contributed by atoms with Crippen LogP contribution in [0, 0.1) is 0 Å². The number of aliphatic hydroxyl groups excluding tert-OH is 3. The number of carbonyl (C=O) groups is 1. The summed E-state index contributed by atoms with van der Waals surface area (Å²) in [4.78, 5) is 12.5. The van der Waals surface area contributed by atoms with Crippen LogP contribution in [0.25, 0.3) is 0 Å². The average Bonchev–Trinajstić information content (AvgIpc) is 3.19. The van der Waals surface area contributed by atoms with Crippen LogP contribution in [-0.4, -0.2) is 46.1 Å². The monoisotopic (exact) mass is 772 g/mol. The molecule has 5 nitrogen and oxygen atoms in total. The van der Waals surface area contributed by atoms with E-state index in [-0.39, 0.29) is 6.61 Å². The van der Waals surface area contributed by atoms with E-state index in [2.05, 4.69) is 55.6 Å². The highest BCUT2D eigenvalue weighted by Gasteiger charge is 2.22. The van der Waals surface area contributed by atoms with Crippen LogP contribution in [0.1, 0.15) is 239 Å². The number of allylic oxidation sites excluding steroid dienone is 7. The van der Waals surface area contributed by atoms with Crippen molar-refractivity contribution in [1.29, 1.82) is 0 Å². The second-order valence-corrected chi connectivity index (χ2v) is 16.3. The van der Waals surface area contributed by atoms with Crippen molar-refractivity contribution in [3.63, 3.8) is 0 Å². The van der Waals surface area contributed by atoms with Crippen LogP contribution in [0.3, 0.4) is 0 Å². The highest BCUT2D eigenvalue weighted by atomic mass is 16.3. The molecule has 0 aromatic carbocycles. The molecule has 0 aliphatic heterocycles. The van der Waals surface area contributed by atoms with E-state index in [4.69, 9.17) is 0 Å². The van der Waals surface area contributed by atoms with Gasteiger partial charge in [0.25, 0.3) is 0 Å². The van der Waals surface area contributed by atoms with Crippen LogP contribution in [0.2, 0.25) is 0 Å². The van der Waals surface area contributed by atoms with Crippen molar-refractivity contribution < 1.29 is 20.1 Å². The molecule has 4 N–H and O–H groups in total. The third-order valence-corrected chi connectivity index (χ3v) is 10.9. The van der Waals surface area contributed by atoms with Crippen molar-refractivity contribution >= 4 is 5.91 Å². The predicted molar refractivity (Wildman–Crippen MR) is 241 cm³/mol. The first kappa shape index (κ1) is 53.3. The Balaban J connectivity index is 3.68. The molecular formula is C50H93NO4. The minimum Gasteiger partial charge on any atom is -0.394 e. The summed E-state index contributed by atoms with van der Waals surface area (Å²) >= 11 is 0. The molecule has 322 valence electrons. The first-order valence-corrected chi connectivity index (χ1v) is 24.0. The van der Waals surface area contributed by atoms with E-state index in [0.717, 1.165) is 51.4 Å². The molecule has 0 aliphatic rings. The molecule has 3 unspecified atom stereocenters. The number of hydrogen-bond donors (Lipinski definition) is 4. The van der Waals surface area contributed by atoms with E-state index in [1.165, 1.54) is 167 Å². The summed E-state index contributed by atoms with van der Waals surface area (Å²) in [6.45, 7) is 4.15. The first-order chi connectivity index (χ1) is 27.1. The fraction of sp³-hybridized carbons (Fsp3) is 0.820. The molecule has 0 radical (unpaired) electrons. The molecule has 0 aliphatic carbocycles. The van der Waals surface area contributed by atoms with E-state index < -0.39 is 24.2 Å². The van der Waals surface area contributed by atoms with Gasteiger partial charge in [-0.05, 0) is 64.2 Å². The van der Waals surface area contributed by atoms with Gasteiger partial charge in [-0.1, -0.05) is 223 Å². The molecular weight excluding hydrogens is 679 g/mol. The Morgan fingerprint density at radius 3 is 1.25 bits per heavy atom. The van der Waals surface area contributed by atoms with E-state index in [1.807, 2.05) is 6.08 Å². The van der Waals surface area contributed by atoms with Gasteiger partial charge in [0.1, 0.15) is 6.10 Å². The Hall–Kier alpha value is -1.69. The molecule has 0 saturated carbocycles. The van der Waals surface area contributed by atoms with Crippen molar-refractivity contribution in [1.82, 2.24) is 5.32 Å². The van der Waals surface area contributed by atoms with E-state index in [0.29, 0.717) is 6.42 Å². The molecule has 0 spiro atoms. The van der Waals surface area contributed by atoms with E-state index in [9.17, 15) is 20.1 Å². The lowest BCUT2D eigenvalue weighted by Crippen LogP contribution is -2.48. The highest BCUT2D eigenvalue weighted by Crippen LogP contribution is 2.16. The van der Waals surface area contributed by atoms with Gasteiger partial charge in [0.05, 0.1) is 18.8 Å². The molecule has 0 bridgehead atoms. The number of nitrogens with one attached hydrogen (secondary N) is 1. The van der Waals surface area contributed by atoms with Gasteiger partial charge in [-0.25, -0.2) is 0 Å².